The Morgan fingerprint density at radius 2 is 2.03 bits per heavy atom. The zero-order chi connectivity index (χ0) is 19.6. The number of benzene rings is 2. The molecule has 3 N–H and O–H groups in total. The van der Waals surface area contributed by atoms with E-state index in [1.54, 1.807) is 11.1 Å². The van der Waals surface area contributed by atoms with E-state index in [9.17, 15) is 0 Å². The SMILES string of the molecule is CNc1ccc2c3c1NC1C(NCc4ccccc4)=CCC4C(C2)N(C)CCC314. The van der Waals surface area contributed by atoms with Crippen molar-refractivity contribution in [3.63, 3.8) is 0 Å². The third kappa shape index (κ3) is 2.29. The Balaban J connectivity index is 1.44. The monoisotopic (exact) mass is 386 g/mol. The number of piperidine rings is 1. The number of nitrogens with one attached hydrogen (secondary N) is 3. The van der Waals surface area contributed by atoms with Crippen LogP contribution in [-0.4, -0.2) is 37.6 Å². The van der Waals surface area contributed by atoms with Crippen molar-refractivity contribution >= 4 is 11.4 Å². The lowest BCUT2D eigenvalue weighted by atomic mass is 9.52. The molecule has 4 heteroatoms. The first kappa shape index (κ1) is 17.4. The van der Waals surface area contributed by atoms with Crippen LogP contribution in [0.15, 0.2) is 54.2 Å². The molecule has 6 rings (SSSR count). The average Bonchev–Trinajstić information content (AvgIpc) is 3.11. The largest absolute Gasteiger partial charge is 0.386 e. The first-order valence-corrected chi connectivity index (χ1v) is 11.0. The normalized spacial score (nSPS) is 31.5. The second-order valence-corrected chi connectivity index (χ2v) is 9.23. The van der Waals surface area contributed by atoms with Crippen LogP contribution in [0.25, 0.3) is 0 Å². The molecule has 4 nitrogen and oxygen atoms in total. The Morgan fingerprint density at radius 1 is 1.17 bits per heavy atom. The van der Waals surface area contributed by atoms with E-state index in [0.29, 0.717) is 18.0 Å². The highest BCUT2D eigenvalue weighted by molar-refractivity contribution is 5.82. The highest BCUT2D eigenvalue weighted by Crippen LogP contribution is 2.62. The average molecular weight is 387 g/mol. The summed E-state index contributed by atoms with van der Waals surface area (Å²) in [5.41, 5.74) is 8.73. The second kappa shape index (κ2) is 6.27. The fourth-order valence-corrected chi connectivity index (χ4v) is 6.75. The van der Waals surface area contributed by atoms with Gasteiger partial charge in [-0.1, -0.05) is 42.5 Å². The number of likely N-dealkylation sites (N-methyl/N-ethyl adjacent to an activating group) is 1. The maximum absolute atomic E-state index is 4.00. The summed E-state index contributed by atoms with van der Waals surface area (Å²) in [5.74, 6) is 0.696. The molecule has 2 aliphatic heterocycles. The number of hydrogen-bond donors (Lipinski definition) is 3. The van der Waals surface area contributed by atoms with Crippen LogP contribution < -0.4 is 16.0 Å². The molecule has 1 fully saturated rings. The summed E-state index contributed by atoms with van der Waals surface area (Å²) in [6.45, 7) is 2.07. The fraction of sp³-hybridized carbons (Fsp3) is 0.440. The number of anilines is 2. The van der Waals surface area contributed by atoms with Gasteiger partial charge in [0.1, 0.15) is 0 Å². The minimum absolute atomic E-state index is 0.223. The van der Waals surface area contributed by atoms with Gasteiger partial charge in [-0.15, -0.1) is 0 Å². The Kier molecular flexibility index (Phi) is 3.76. The lowest BCUT2D eigenvalue weighted by Crippen LogP contribution is -2.64. The van der Waals surface area contributed by atoms with Crippen LogP contribution in [0.2, 0.25) is 0 Å². The number of nitrogens with zero attached hydrogens (tertiary/aromatic N) is 1. The van der Waals surface area contributed by atoms with Crippen LogP contribution >= 0.6 is 0 Å². The summed E-state index contributed by atoms with van der Waals surface area (Å²) in [5, 5.41) is 11.3. The molecule has 2 aliphatic carbocycles. The van der Waals surface area contributed by atoms with Crippen LogP contribution in [0, 0.1) is 5.92 Å². The van der Waals surface area contributed by atoms with E-state index in [1.165, 1.54) is 48.4 Å². The molecule has 1 saturated heterocycles. The highest BCUT2D eigenvalue weighted by Gasteiger charge is 2.62. The predicted octanol–water partition coefficient (Wildman–Crippen LogP) is 3.71. The van der Waals surface area contributed by atoms with Crippen molar-refractivity contribution in [1.82, 2.24) is 10.2 Å². The van der Waals surface area contributed by atoms with E-state index in [4.69, 9.17) is 0 Å². The van der Waals surface area contributed by atoms with Gasteiger partial charge in [0.05, 0.1) is 17.4 Å². The number of likely N-dealkylation sites (tertiary alicyclic amines) is 1. The molecule has 150 valence electrons. The molecule has 0 radical (unpaired) electrons. The van der Waals surface area contributed by atoms with E-state index in [-0.39, 0.29) is 5.41 Å². The molecule has 0 saturated carbocycles. The van der Waals surface area contributed by atoms with Gasteiger partial charge in [0.2, 0.25) is 0 Å². The lowest BCUT2D eigenvalue weighted by Gasteiger charge is -2.58. The predicted molar refractivity (Wildman–Crippen MR) is 119 cm³/mol. The Labute approximate surface area is 173 Å². The summed E-state index contributed by atoms with van der Waals surface area (Å²) >= 11 is 0. The van der Waals surface area contributed by atoms with Crippen molar-refractivity contribution in [1.29, 1.82) is 0 Å². The molecular formula is C25H30N4. The zero-order valence-electron chi connectivity index (χ0n) is 17.3. The molecule has 2 aromatic rings. The van der Waals surface area contributed by atoms with Gasteiger partial charge in [0, 0.05) is 30.7 Å². The third-order valence-corrected chi connectivity index (χ3v) is 8.07. The fourth-order valence-electron chi connectivity index (χ4n) is 6.75. The molecule has 0 aromatic heterocycles. The van der Waals surface area contributed by atoms with Crippen molar-refractivity contribution < 1.29 is 0 Å². The number of rotatable bonds is 4. The molecule has 0 amide bonds. The maximum atomic E-state index is 4.00. The van der Waals surface area contributed by atoms with Crippen molar-refractivity contribution in [2.75, 3.05) is 31.3 Å². The van der Waals surface area contributed by atoms with E-state index in [2.05, 4.69) is 76.4 Å². The Morgan fingerprint density at radius 3 is 2.86 bits per heavy atom. The molecule has 29 heavy (non-hydrogen) atoms. The van der Waals surface area contributed by atoms with Gasteiger partial charge in [-0.3, -0.25) is 0 Å². The Bertz CT molecular complexity index is 982. The quantitative estimate of drug-likeness (QED) is 0.749. The number of hydrogen-bond acceptors (Lipinski definition) is 4. The Hall–Kier alpha value is -2.46. The molecular weight excluding hydrogens is 356 g/mol. The van der Waals surface area contributed by atoms with Crippen LogP contribution in [-0.2, 0) is 18.4 Å². The van der Waals surface area contributed by atoms with Crippen LogP contribution in [0.5, 0.6) is 0 Å². The van der Waals surface area contributed by atoms with Crippen LogP contribution in [0.3, 0.4) is 0 Å². The molecule has 4 aliphatic rings. The smallest absolute Gasteiger partial charge is 0.0758 e. The topological polar surface area (TPSA) is 39.3 Å². The maximum Gasteiger partial charge on any atom is 0.0758 e. The van der Waals surface area contributed by atoms with Crippen LogP contribution in [0.1, 0.15) is 29.5 Å². The molecule has 2 heterocycles. The summed E-state index contributed by atoms with van der Waals surface area (Å²) in [4.78, 5) is 2.62. The van der Waals surface area contributed by atoms with Gasteiger partial charge in [-0.05, 0) is 61.5 Å². The molecule has 2 bridgehead atoms. The minimum atomic E-state index is 0.223. The number of allylic oxidation sites excluding steroid dienone is 1. The first-order valence-electron chi connectivity index (χ1n) is 11.0. The van der Waals surface area contributed by atoms with Crippen molar-refractivity contribution in [3.8, 4) is 0 Å². The minimum Gasteiger partial charge on any atom is -0.386 e. The van der Waals surface area contributed by atoms with E-state index in [1.807, 2.05) is 7.05 Å². The lowest BCUT2D eigenvalue weighted by molar-refractivity contribution is 0.0252. The van der Waals surface area contributed by atoms with Crippen molar-refractivity contribution in [3.05, 3.63) is 70.9 Å². The molecule has 1 spiro atoms. The second-order valence-electron chi connectivity index (χ2n) is 9.23. The first-order chi connectivity index (χ1) is 14.2. The molecule has 2 aromatic carbocycles. The summed E-state index contributed by atoms with van der Waals surface area (Å²) in [6, 6.07) is 16.4. The van der Waals surface area contributed by atoms with Crippen LogP contribution in [0.4, 0.5) is 11.4 Å². The van der Waals surface area contributed by atoms with Gasteiger partial charge in [0.15, 0.2) is 0 Å². The van der Waals surface area contributed by atoms with Gasteiger partial charge in [0.25, 0.3) is 0 Å². The van der Waals surface area contributed by atoms with E-state index in [0.717, 1.165) is 6.54 Å². The van der Waals surface area contributed by atoms with Gasteiger partial charge < -0.3 is 20.9 Å². The van der Waals surface area contributed by atoms with Gasteiger partial charge in [-0.25, -0.2) is 0 Å². The van der Waals surface area contributed by atoms with Crippen molar-refractivity contribution in [2.24, 2.45) is 5.92 Å². The third-order valence-electron chi connectivity index (χ3n) is 8.07. The highest BCUT2D eigenvalue weighted by atomic mass is 15.2. The molecule has 4 unspecified atom stereocenters. The van der Waals surface area contributed by atoms with Gasteiger partial charge >= 0.3 is 0 Å². The standard InChI is InChI=1S/C25H30N4/c1-26-19-10-8-17-14-21-18-9-11-20(27-15-16-6-4-3-5-7-16)24-25(18,12-13-29(21)2)22(17)23(19)28-24/h3-8,10-11,18,21,24,26-28H,9,12-15H2,1-2H3. The van der Waals surface area contributed by atoms with E-state index >= 15 is 0 Å². The molecule has 4 atom stereocenters. The van der Waals surface area contributed by atoms with Gasteiger partial charge in [-0.2, -0.15) is 0 Å². The summed E-state index contributed by atoms with van der Waals surface area (Å²) in [7, 11) is 4.37. The van der Waals surface area contributed by atoms with Crippen molar-refractivity contribution in [2.45, 2.75) is 43.3 Å². The summed E-state index contributed by atoms with van der Waals surface area (Å²) in [6.07, 6.45) is 6.09. The zero-order valence-corrected chi connectivity index (χ0v) is 17.3. The summed E-state index contributed by atoms with van der Waals surface area (Å²) < 4.78 is 0. The van der Waals surface area contributed by atoms with E-state index < -0.39 is 0 Å².